The lowest BCUT2D eigenvalue weighted by molar-refractivity contribution is 0.617. The van der Waals surface area contributed by atoms with E-state index >= 15 is 0 Å². The average Bonchev–Trinajstić information content (AvgIpc) is 3.66. The molecule has 3 heteroatoms. The maximum Gasteiger partial charge on any atom is 0.0384 e. The van der Waals surface area contributed by atoms with Crippen molar-refractivity contribution in [1.82, 2.24) is 0 Å². The SMILES string of the molecule is CCCCCCCCNc1ccc(-c2cc3c(s2)-c2ccc4c(c2CC3)CCc2cc(-c3ccc(C)cc3)sc2-4)cc1. The number of benzene rings is 3. The number of unbranched alkanes of at least 4 members (excludes halogenated alkanes) is 5. The second-order valence-electron chi connectivity index (χ2n) is 12.2. The Labute approximate surface area is 259 Å². The lowest BCUT2D eigenvalue weighted by Gasteiger charge is -2.25. The molecule has 2 aliphatic rings. The highest BCUT2D eigenvalue weighted by molar-refractivity contribution is 7.19. The fraction of sp³-hybridized carbons (Fsp3) is 0.333. The number of anilines is 1. The molecular formula is C39H41NS2. The van der Waals surface area contributed by atoms with Gasteiger partial charge >= 0.3 is 0 Å². The van der Waals surface area contributed by atoms with E-state index in [1.54, 1.807) is 11.1 Å². The Morgan fingerprint density at radius 2 is 1.12 bits per heavy atom. The smallest absolute Gasteiger partial charge is 0.0384 e. The molecule has 1 nitrogen and oxygen atoms in total. The van der Waals surface area contributed by atoms with E-state index in [2.05, 4.69) is 92.0 Å². The summed E-state index contributed by atoms with van der Waals surface area (Å²) in [5, 5.41) is 3.63. The molecule has 2 heterocycles. The molecule has 2 aromatic heterocycles. The second-order valence-corrected chi connectivity index (χ2v) is 14.3. The van der Waals surface area contributed by atoms with Crippen LogP contribution in [0.5, 0.6) is 0 Å². The third kappa shape index (κ3) is 5.50. The van der Waals surface area contributed by atoms with E-state index < -0.39 is 0 Å². The van der Waals surface area contributed by atoms with Crippen molar-refractivity contribution in [3.05, 3.63) is 101 Å². The summed E-state index contributed by atoms with van der Waals surface area (Å²) in [6, 6.07) is 27.9. The summed E-state index contributed by atoms with van der Waals surface area (Å²) in [5.41, 5.74) is 14.5. The topological polar surface area (TPSA) is 12.0 Å². The molecule has 0 bridgehead atoms. The predicted octanol–water partition coefficient (Wildman–Crippen LogP) is 11.8. The fourth-order valence-corrected chi connectivity index (χ4v) is 9.32. The monoisotopic (exact) mass is 587 g/mol. The number of fused-ring (bicyclic) bond motifs is 7. The van der Waals surface area contributed by atoms with Crippen molar-refractivity contribution in [2.45, 2.75) is 78.1 Å². The van der Waals surface area contributed by atoms with Crippen LogP contribution in [-0.2, 0) is 25.7 Å². The first-order valence-electron chi connectivity index (χ1n) is 16.0. The molecule has 7 rings (SSSR count). The van der Waals surface area contributed by atoms with Crippen molar-refractivity contribution in [3.8, 4) is 41.8 Å². The van der Waals surface area contributed by atoms with E-state index in [1.165, 1.54) is 103 Å². The highest BCUT2D eigenvalue weighted by atomic mass is 32.1. The zero-order chi connectivity index (χ0) is 28.5. The molecule has 0 unspecified atom stereocenters. The van der Waals surface area contributed by atoms with Gasteiger partial charge in [-0.2, -0.15) is 0 Å². The summed E-state index contributed by atoms with van der Waals surface area (Å²) in [6.07, 6.45) is 12.7. The number of aryl methyl sites for hydroxylation is 3. The highest BCUT2D eigenvalue weighted by Crippen LogP contribution is 2.49. The van der Waals surface area contributed by atoms with Gasteiger partial charge < -0.3 is 5.32 Å². The summed E-state index contributed by atoms with van der Waals surface area (Å²) >= 11 is 3.97. The minimum Gasteiger partial charge on any atom is -0.385 e. The summed E-state index contributed by atoms with van der Waals surface area (Å²) in [7, 11) is 0. The first kappa shape index (κ1) is 27.7. The molecule has 0 fully saturated rings. The maximum absolute atomic E-state index is 3.63. The quantitative estimate of drug-likeness (QED) is 0.160. The van der Waals surface area contributed by atoms with Crippen LogP contribution in [0, 0.1) is 6.92 Å². The molecule has 1 N–H and O–H groups in total. The van der Waals surface area contributed by atoms with Crippen LogP contribution in [0.1, 0.15) is 73.3 Å². The van der Waals surface area contributed by atoms with Gasteiger partial charge in [0.15, 0.2) is 0 Å². The lowest BCUT2D eigenvalue weighted by Crippen LogP contribution is -2.10. The van der Waals surface area contributed by atoms with Crippen LogP contribution < -0.4 is 5.32 Å². The van der Waals surface area contributed by atoms with Crippen LogP contribution >= 0.6 is 22.7 Å². The number of nitrogens with one attached hydrogen (secondary N) is 1. The third-order valence-electron chi connectivity index (χ3n) is 9.19. The maximum atomic E-state index is 3.63. The van der Waals surface area contributed by atoms with Gasteiger partial charge in [0.05, 0.1) is 0 Å². The Balaban J connectivity index is 1.08. The van der Waals surface area contributed by atoms with Crippen LogP contribution in [0.4, 0.5) is 5.69 Å². The van der Waals surface area contributed by atoms with Gasteiger partial charge in [0, 0.05) is 31.7 Å². The minimum atomic E-state index is 1.07. The van der Waals surface area contributed by atoms with Crippen molar-refractivity contribution >= 4 is 28.4 Å². The molecule has 0 atom stereocenters. The molecule has 0 radical (unpaired) electrons. The molecule has 214 valence electrons. The van der Waals surface area contributed by atoms with Crippen LogP contribution in [0.15, 0.2) is 72.8 Å². The number of hydrogen-bond acceptors (Lipinski definition) is 3. The number of rotatable bonds is 10. The number of thiophene rings is 2. The van der Waals surface area contributed by atoms with E-state index in [-0.39, 0.29) is 0 Å². The normalized spacial score (nSPS) is 13.3. The molecule has 3 aromatic carbocycles. The van der Waals surface area contributed by atoms with E-state index in [4.69, 9.17) is 0 Å². The van der Waals surface area contributed by atoms with E-state index in [0.717, 1.165) is 32.2 Å². The van der Waals surface area contributed by atoms with Gasteiger partial charge in [0.2, 0.25) is 0 Å². The van der Waals surface area contributed by atoms with Crippen molar-refractivity contribution in [2.24, 2.45) is 0 Å². The van der Waals surface area contributed by atoms with Crippen molar-refractivity contribution < 1.29 is 0 Å². The van der Waals surface area contributed by atoms with Gasteiger partial charge in [-0.3, -0.25) is 0 Å². The predicted molar refractivity (Wildman–Crippen MR) is 185 cm³/mol. The highest BCUT2D eigenvalue weighted by Gasteiger charge is 2.27. The summed E-state index contributed by atoms with van der Waals surface area (Å²) in [4.78, 5) is 5.80. The van der Waals surface area contributed by atoms with Gasteiger partial charge in [-0.05, 0) is 108 Å². The standard InChI is InChI=1S/C39H41NS2/c1-3-4-5-6-7-8-23-40-31-17-13-28(14-18-31)37-25-30-16-20-33-32-19-15-29-24-36(27-11-9-26(2)10-12-27)41-38(29)34(32)21-22-35(33)39(30)42-37/h9-14,17-18,21-22,24-25,40H,3-8,15-16,19-20,23H2,1-2H3. The fourth-order valence-electron chi connectivity index (χ4n) is 6.79. The first-order chi connectivity index (χ1) is 20.7. The van der Waals surface area contributed by atoms with Crippen LogP contribution in [0.2, 0.25) is 0 Å². The Hall–Kier alpha value is -3.14. The van der Waals surface area contributed by atoms with Gasteiger partial charge in [-0.1, -0.05) is 93.1 Å². The average molecular weight is 588 g/mol. The molecule has 42 heavy (non-hydrogen) atoms. The van der Waals surface area contributed by atoms with Gasteiger partial charge in [0.25, 0.3) is 0 Å². The van der Waals surface area contributed by atoms with Crippen molar-refractivity contribution in [1.29, 1.82) is 0 Å². The van der Waals surface area contributed by atoms with Gasteiger partial charge in [-0.25, -0.2) is 0 Å². The molecule has 0 spiro atoms. The van der Waals surface area contributed by atoms with Gasteiger partial charge in [0.1, 0.15) is 0 Å². The Bertz CT molecular complexity index is 1680. The summed E-state index contributed by atoms with van der Waals surface area (Å²) in [5.74, 6) is 0. The Morgan fingerprint density at radius 1 is 0.595 bits per heavy atom. The van der Waals surface area contributed by atoms with E-state index in [1.807, 2.05) is 22.7 Å². The Kier molecular flexibility index (Phi) is 8.06. The largest absolute Gasteiger partial charge is 0.385 e. The van der Waals surface area contributed by atoms with Gasteiger partial charge in [-0.15, -0.1) is 22.7 Å². The molecule has 0 aliphatic heterocycles. The summed E-state index contributed by atoms with van der Waals surface area (Å²) in [6.45, 7) is 5.51. The second kappa shape index (κ2) is 12.2. The molecule has 0 saturated carbocycles. The van der Waals surface area contributed by atoms with Crippen molar-refractivity contribution in [2.75, 3.05) is 11.9 Å². The molecular weight excluding hydrogens is 547 g/mol. The van der Waals surface area contributed by atoms with Crippen molar-refractivity contribution in [3.63, 3.8) is 0 Å². The lowest BCUT2D eigenvalue weighted by atomic mass is 9.81. The molecule has 0 saturated heterocycles. The summed E-state index contributed by atoms with van der Waals surface area (Å²) < 4.78 is 0. The molecule has 0 amide bonds. The number of hydrogen-bond donors (Lipinski definition) is 1. The Morgan fingerprint density at radius 3 is 1.69 bits per heavy atom. The van der Waals surface area contributed by atoms with E-state index in [0.29, 0.717) is 0 Å². The van der Waals surface area contributed by atoms with Crippen LogP contribution in [0.3, 0.4) is 0 Å². The van der Waals surface area contributed by atoms with Crippen LogP contribution in [-0.4, -0.2) is 6.54 Å². The molecule has 2 aliphatic carbocycles. The van der Waals surface area contributed by atoms with Crippen LogP contribution in [0.25, 0.3) is 41.8 Å². The molecule has 5 aromatic rings. The zero-order valence-corrected chi connectivity index (χ0v) is 26.7. The minimum absolute atomic E-state index is 1.07. The first-order valence-corrected chi connectivity index (χ1v) is 17.6. The van der Waals surface area contributed by atoms with E-state index in [9.17, 15) is 0 Å². The zero-order valence-electron chi connectivity index (χ0n) is 25.0. The third-order valence-corrected chi connectivity index (χ3v) is 11.7.